The third kappa shape index (κ3) is 9.07. The number of benzene rings is 4. The van der Waals surface area contributed by atoms with Crippen molar-refractivity contribution in [2.75, 3.05) is 30.7 Å². The summed E-state index contributed by atoms with van der Waals surface area (Å²) in [5.74, 6) is 0.0814. The standard InChI is InChI=1S/C31H32N2O7S/c1-41(37,38)33-28-19-26(13-16-30(28)40-21-22-5-3-2-4-6-22)29(34)20-32-17-18-39-27-14-11-24(12-15-27)23-7-9-25(10-8-23)31(35)36/h2-16,19,29,32-34H,17-18,20-21H2,1H3,(H,35,36)/t29-/m1/s1. The third-order valence-electron chi connectivity index (χ3n) is 6.13. The van der Waals surface area contributed by atoms with Gasteiger partial charge >= 0.3 is 5.97 Å². The smallest absolute Gasteiger partial charge is 0.335 e. The van der Waals surface area contributed by atoms with E-state index in [1.807, 2.05) is 54.6 Å². The molecule has 0 aliphatic carbocycles. The van der Waals surface area contributed by atoms with Crippen LogP contribution in [0.15, 0.2) is 97.1 Å². The van der Waals surface area contributed by atoms with Gasteiger partial charge in [0.25, 0.3) is 0 Å². The van der Waals surface area contributed by atoms with Crippen molar-refractivity contribution in [1.82, 2.24) is 5.32 Å². The molecule has 0 unspecified atom stereocenters. The molecule has 9 nitrogen and oxygen atoms in total. The molecule has 10 heteroatoms. The van der Waals surface area contributed by atoms with Gasteiger partial charge < -0.3 is 25.0 Å². The molecule has 0 heterocycles. The van der Waals surface area contributed by atoms with E-state index >= 15 is 0 Å². The maximum absolute atomic E-state index is 11.9. The van der Waals surface area contributed by atoms with Crippen molar-refractivity contribution in [2.24, 2.45) is 0 Å². The van der Waals surface area contributed by atoms with Gasteiger partial charge in [0, 0.05) is 13.1 Å². The van der Waals surface area contributed by atoms with E-state index in [9.17, 15) is 18.3 Å². The van der Waals surface area contributed by atoms with Gasteiger partial charge in [-0.25, -0.2) is 13.2 Å². The maximum Gasteiger partial charge on any atom is 0.335 e. The molecule has 0 aliphatic heterocycles. The second-order valence-corrected chi connectivity index (χ2v) is 11.1. The lowest BCUT2D eigenvalue weighted by molar-refractivity contribution is 0.0697. The van der Waals surface area contributed by atoms with Gasteiger partial charge in [0.1, 0.15) is 24.7 Å². The second-order valence-electron chi connectivity index (χ2n) is 9.38. The Morgan fingerprint density at radius 1 is 0.878 bits per heavy atom. The predicted molar refractivity (Wildman–Crippen MR) is 158 cm³/mol. The number of aliphatic hydroxyl groups is 1. The minimum atomic E-state index is -3.56. The van der Waals surface area contributed by atoms with Gasteiger partial charge in [-0.05, 0) is 58.7 Å². The van der Waals surface area contributed by atoms with Crippen LogP contribution < -0.4 is 19.5 Å². The first-order chi connectivity index (χ1) is 19.7. The Morgan fingerprint density at radius 2 is 1.54 bits per heavy atom. The fourth-order valence-corrected chi connectivity index (χ4v) is 4.60. The molecular weight excluding hydrogens is 544 g/mol. The summed E-state index contributed by atoms with van der Waals surface area (Å²) in [6.07, 6.45) is 0.176. The van der Waals surface area contributed by atoms with E-state index in [-0.39, 0.29) is 24.4 Å². The Balaban J connectivity index is 1.26. The van der Waals surface area contributed by atoms with Gasteiger partial charge in [0.15, 0.2) is 0 Å². The number of hydrogen-bond acceptors (Lipinski definition) is 7. The summed E-state index contributed by atoms with van der Waals surface area (Å²) < 4.78 is 37.9. The summed E-state index contributed by atoms with van der Waals surface area (Å²) in [5, 5.41) is 22.9. The number of hydrogen-bond donors (Lipinski definition) is 4. The van der Waals surface area contributed by atoms with Crippen LogP contribution >= 0.6 is 0 Å². The van der Waals surface area contributed by atoms with Crippen LogP contribution in [0.3, 0.4) is 0 Å². The van der Waals surface area contributed by atoms with E-state index in [0.29, 0.717) is 30.2 Å². The maximum atomic E-state index is 11.9. The van der Waals surface area contributed by atoms with Crippen molar-refractivity contribution >= 4 is 21.7 Å². The van der Waals surface area contributed by atoms with Crippen LogP contribution in [0.4, 0.5) is 5.69 Å². The van der Waals surface area contributed by atoms with Crippen molar-refractivity contribution in [2.45, 2.75) is 12.7 Å². The first-order valence-electron chi connectivity index (χ1n) is 12.9. The van der Waals surface area contributed by atoms with Crippen LogP contribution in [0.1, 0.15) is 27.6 Å². The zero-order valence-corrected chi connectivity index (χ0v) is 23.3. The van der Waals surface area contributed by atoms with E-state index < -0.39 is 22.1 Å². The van der Waals surface area contributed by atoms with Crippen molar-refractivity contribution in [3.05, 3.63) is 114 Å². The number of carboxylic acid groups (broad SMARTS) is 1. The molecule has 1 atom stereocenters. The predicted octanol–water partition coefficient (Wildman–Crippen LogP) is 4.70. The van der Waals surface area contributed by atoms with Crippen LogP contribution in [0, 0.1) is 0 Å². The third-order valence-corrected chi connectivity index (χ3v) is 6.72. The van der Waals surface area contributed by atoms with Crippen LogP contribution in [-0.4, -0.2) is 50.6 Å². The Kier molecular flexibility index (Phi) is 9.96. The lowest BCUT2D eigenvalue weighted by atomic mass is 10.0. The lowest BCUT2D eigenvalue weighted by Crippen LogP contribution is -2.26. The summed E-state index contributed by atoms with van der Waals surface area (Å²) >= 11 is 0. The average molecular weight is 577 g/mol. The molecule has 0 bridgehead atoms. The van der Waals surface area contributed by atoms with Crippen LogP contribution in [0.25, 0.3) is 11.1 Å². The topological polar surface area (TPSA) is 134 Å². The van der Waals surface area contributed by atoms with Gasteiger partial charge in [-0.2, -0.15) is 0 Å². The van der Waals surface area contributed by atoms with Gasteiger partial charge in [-0.15, -0.1) is 0 Å². The van der Waals surface area contributed by atoms with Crippen LogP contribution in [0.2, 0.25) is 0 Å². The summed E-state index contributed by atoms with van der Waals surface area (Å²) in [7, 11) is -3.56. The zero-order valence-electron chi connectivity index (χ0n) is 22.5. The summed E-state index contributed by atoms with van der Waals surface area (Å²) in [6.45, 7) is 1.34. The second kappa shape index (κ2) is 13.8. The fraction of sp³-hybridized carbons (Fsp3) is 0.194. The monoisotopic (exact) mass is 576 g/mol. The first kappa shape index (κ1) is 29.6. The molecule has 0 saturated carbocycles. The molecule has 4 rings (SSSR count). The molecule has 0 saturated heterocycles. The average Bonchev–Trinajstić information content (AvgIpc) is 2.96. The number of aromatic carboxylic acids is 1. The van der Waals surface area contributed by atoms with Crippen molar-refractivity contribution < 1.29 is 32.9 Å². The minimum absolute atomic E-state index is 0.233. The van der Waals surface area contributed by atoms with Crippen molar-refractivity contribution in [3.8, 4) is 22.6 Å². The van der Waals surface area contributed by atoms with E-state index in [0.717, 1.165) is 22.9 Å². The number of anilines is 1. The number of carbonyl (C=O) groups is 1. The van der Waals surface area contributed by atoms with E-state index in [1.54, 1.807) is 42.5 Å². The van der Waals surface area contributed by atoms with Crippen molar-refractivity contribution in [1.29, 1.82) is 0 Å². The molecule has 4 N–H and O–H groups in total. The summed E-state index contributed by atoms with van der Waals surface area (Å²) in [6, 6.07) is 28.6. The van der Waals surface area contributed by atoms with Crippen LogP contribution in [0.5, 0.6) is 11.5 Å². The fourth-order valence-electron chi connectivity index (χ4n) is 4.04. The Hall–Kier alpha value is -4.38. The number of carboxylic acids is 1. The Labute approximate surface area is 239 Å². The molecule has 0 amide bonds. The van der Waals surface area contributed by atoms with Gasteiger partial charge in [0.05, 0.1) is 23.6 Å². The van der Waals surface area contributed by atoms with E-state index in [1.165, 1.54) is 0 Å². The molecule has 4 aromatic carbocycles. The SMILES string of the molecule is CS(=O)(=O)Nc1cc([C@H](O)CNCCOc2ccc(-c3ccc(C(=O)O)cc3)cc2)ccc1OCc1ccccc1. The minimum Gasteiger partial charge on any atom is -0.492 e. The molecule has 4 aromatic rings. The molecule has 214 valence electrons. The number of ether oxygens (including phenoxy) is 2. The lowest BCUT2D eigenvalue weighted by Gasteiger charge is -2.17. The molecule has 0 fully saturated rings. The highest BCUT2D eigenvalue weighted by atomic mass is 32.2. The Bertz CT molecular complexity index is 1540. The number of nitrogens with one attached hydrogen (secondary N) is 2. The Morgan fingerprint density at radius 3 is 2.17 bits per heavy atom. The largest absolute Gasteiger partial charge is 0.492 e. The van der Waals surface area contributed by atoms with Gasteiger partial charge in [0.2, 0.25) is 10.0 Å². The summed E-state index contributed by atoms with van der Waals surface area (Å²) in [5.41, 5.74) is 3.81. The van der Waals surface area contributed by atoms with Crippen molar-refractivity contribution in [3.63, 3.8) is 0 Å². The number of rotatable bonds is 14. The van der Waals surface area contributed by atoms with Gasteiger partial charge in [-0.3, -0.25) is 4.72 Å². The quantitative estimate of drug-likeness (QED) is 0.159. The molecule has 0 spiro atoms. The molecule has 41 heavy (non-hydrogen) atoms. The number of sulfonamides is 1. The highest BCUT2D eigenvalue weighted by Gasteiger charge is 2.14. The molecule has 0 aromatic heterocycles. The molecule has 0 aliphatic rings. The van der Waals surface area contributed by atoms with E-state index in [4.69, 9.17) is 14.6 Å². The molecule has 0 radical (unpaired) electrons. The van der Waals surface area contributed by atoms with E-state index in [2.05, 4.69) is 10.0 Å². The van der Waals surface area contributed by atoms with Gasteiger partial charge in [-0.1, -0.05) is 60.7 Å². The zero-order chi connectivity index (χ0) is 29.2. The highest BCUT2D eigenvalue weighted by molar-refractivity contribution is 7.92. The summed E-state index contributed by atoms with van der Waals surface area (Å²) in [4.78, 5) is 11.0. The molecular formula is C31H32N2O7S. The number of aliphatic hydroxyl groups excluding tert-OH is 1. The first-order valence-corrected chi connectivity index (χ1v) is 14.8. The van der Waals surface area contributed by atoms with Crippen LogP contribution in [-0.2, 0) is 16.6 Å². The normalized spacial score (nSPS) is 12.0. The highest BCUT2D eigenvalue weighted by Crippen LogP contribution is 2.30.